The van der Waals surface area contributed by atoms with Crippen molar-refractivity contribution < 1.29 is 14.3 Å². The number of hydrogen-bond donors (Lipinski definition) is 0. The van der Waals surface area contributed by atoms with Crippen LogP contribution in [-0.4, -0.2) is 19.2 Å². The quantitative estimate of drug-likeness (QED) is 0.427. The smallest absolute Gasteiger partial charge is 0.333 e. The van der Waals surface area contributed by atoms with E-state index in [1.807, 2.05) is 18.2 Å². The Balaban J connectivity index is 1.93. The van der Waals surface area contributed by atoms with Gasteiger partial charge in [0.1, 0.15) is 19.0 Å². The molecule has 2 aromatic rings. The van der Waals surface area contributed by atoms with E-state index in [0.29, 0.717) is 12.2 Å². The molecule has 0 unspecified atom stereocenters. The summed E-state index contributed by atoms with van der Waals surface area (Å²) in [4.78, 5) is 11.3. The zero-order valence-corrected chi connectivity index (χ0v) is 14.5. The molecule has 0 fully saturated rings. The first-order valence-corrected chi connectivity index (χ1v) is 8.03. The molecule has 0 amide bonds. The summed E-state index contributed by atoms with van der Waals surface area (Å²) >= 11 is 0. The molecule has 0 aliphatic rings. The van der Waals surface area contributed by atoms with Crippen molar-refractivity contribution in [2.45, 2.75) is 26.2 Å². The van der Waals surface area contributed by atoms with Gasteiger partial charge in [-0.3, -0.25) is 0 Å². The molecule has 0 bridgehead atoms. The lowest BCUT2D eigenvalue weighted by atomic mass is 9.78. The van der Waals surface area contributed by atoms with Gasteiger partial charge in [-0.15, -0.1) is 0 Å². The molecule has 0 radical (unpaired) electrons. The molecule has 0 aliphatic heterocycles. The van der Waals surface area contributed by atoms with Crippen molar-refractivity contribution in [3.05, 3.63) is 77.9 Å². The Kier molecular flexibility index (Phi) is 5.80. The lowest BCUT2D eigenvalue weighted by Gasteiger charge is -2.26. The van der Waals surface area contributed by atoms with Crippen molar-refractivity contribution in [2.24, 2.45) is 0 Å². The highest BCUT2D eigenvalue weighted by atomic mass is 16.6. The van der Waals surface area contributed by atoms with E-state index in [-0.39, 0.29) is 12.0 Å². The van der Waals surface area contributed by atoms with Crippen LogP contribution in [0.2, 0.25) is 0 Å². The zero-order valence-electron chi connectivity index (χ0n) is 14.5. The number of ether oxygens (including phenoxy) is 2. The number of hydrogen-bond acceptors (Lipinski definition) is 3. The number of rotatable bonds is 7. The van der Waals surface area contributed by atoms with E-state index < -0.39 is 5.97 Å². The molecule has 0 saturated carbocycles. The Bertz CT molecular complexity index is 685. The van der Waals surface area contributed by atoms with Gasteiger partial charge >= 0.3 is 5.97 Å². The van der Waals surface area contributed by atoms with Gasteiger partial charge in [0, 0.05) is 11.0 Å². The largest absolute Gasteiger partial charge is 0.490 e. The van der Waals surface area contributed by atoms with E-state index in [2.05, 4.69) is 56.8 Å². The maximum atomic E-state index is 11.3. The van der Waals surface area contributed by atoms with E-state index in [4.69, 9.17) is 9.47 Å². The fourth-order valence-corrected chi connectivity index (χ4v) is 2.41. The summed E-state index contributed by atoms with van der Waals surface area (Å²) in [6.45, 7) is 10.1. The maximum Gasteiger partial charge on any atom is 0.333 e. The molecule has 0 spiro atoms. The number of esters is 1. The first-order valence-electron chi connectivity index (χ1n) is 8.03. The molecule has 0 heterocycles. The minimum absolute atomic E-state index is 0.0726. The van der Waals surface area contributed by atoms with Crippen LogP contribution < -0.4 is 4.74 Å². The van der Waals surface area contributed by atoms with Gasteiger partial charge in [0.25, 0.3) is 0 Å². The standard InChI is InChI=1S/C21H24O3/c1-16(2)20(22)24-15-14-23-19-12-10-18(11-13-19)21(3,4)17-8-6-5-7-9-17/h5-13H,1,14-15H2,2-4H3. The molecular weight excluding hydrogens is 300 g/mol. The van der Waals surface area contributed by atoms with Gasteiger partial charge in [-0.1, -0.05) is 62.9 Å². The topological polar surface area (TPSA) is 35.5 Å². The SMILES string of the molecule is C=C(C)C(=O)OCCOc1ccc(C(C)(C)c2ccccc2)cc1. The second-order valence-electron chi connectivity index (χ2n) is 6.28. The first kappa shape index (κ1) is 17.8. The molecule has 0 aliphatic carbocycles. The summed E-state index contributed by atoms with van der Waals surface area (Å²) in [6, 6.07) is 18.4. The Hall–Kier alpha value is -2.55. The minimum atomic E-state index is -0.390. The Labute approximate surface area is 143 Å². The van der Waals surface area contributed by atoms with E-state index in [1.54, 1.807) is 6.92 Å². The fraction of sp³-hybridized carbons (Fsp3) is 0.286. The van der Waals surface area contributed by atoms with Crippen molar-refractivity contribution in [1.82, 2.24) is 0 Å². The fourth-order valence-electron chi connectivity index (χ4n) is 2.41. The molecule has 3 nitrogen and oxygen atoms in total. The van der Waals surface area contributed by atoms with Gasteiger partial charge in [-0.2, -0.15) is 0 Å². The van der Waals surface area contributed by atoms with E-state index in [9.17, 15) is 4.79 Å². The van der Waals surface area contributed by atoms with Crippen LogP contribution in [0.25, 0.3) is 0 Å². The molecule has 0 N–H and O–H groups in total. The normalized spacial score (nSPS) is 11.0. The molecule has 2 rings (SSSR count). The molecule has 2 aromatic carbocycles. The lowest BCUT2D eigenvalue weighted by molar-refractivity contribution is -0.139. The summed E-state index contributed by atoms with van der Waals surface area (Å²) in [5.41, 5.74) is 2.80. The third-order valence-corrected chi connectivity index (χ3v) is 4.01. The third-order valence-electron chi connectivity index (χ3n) is 4.01. The molecular formula is C21H24O3. The Morgan fingerprint density at radius 3 is 2.12 bits per heavy atom. The van der Waals surface area contributed by atoms with Gasteiger partial charge in [0.05, 0.1) is 0 Å². The number of benzene rings is 2. The third kappa shape index (κ3) is 4.48. The monoisotopic (exact) mass is 324 g/mol. The van der Waals surface area contributed by atoms with E-state index in [1.165, 1.54) is 11.1 Å². The Morgan fingerprint density at radius 1 is 0.958 bits per heavy atom. The maximum absolute atomic E-state index is 11.3. The Morgan fingerprint density at radius 2 is 1.54 bits per heavy atom. The second-order valence-corrected chi connectivity index (χ2v) is 6.28. The van der Waals surface area contributed by atoms with Gasteiger partial charge in [-0.05, 0) is 30.2 Å². The van der Waals surface area contributed by atoms with Crippen molar-refractivity contribution in [3.63, 3.8) is 0 Å². The predicted octanol–water partition coefficient (Wildman–Crippen LogP) is 4.51. The van der Waals surface area contributed by atoms with E-state index in [0.717, 1.165) is 5.75 Å². The summed E-state index contributed by atoms with van der Waals surface area (Å²) < 4.78 is 10.6. The van der Waals surface area contributed by atoms with Crippen molar-refractivity contribution in [1.29, 1.82) is 0 Å². The average Bonchev–Trinajstić information content (AvgIpc) is 2.59. The van der Waals surface area contributed by atoms with Crippen LogP contribution in [0.3, 0.4) is 0 Å². The average molecular weight is 324 g/mol. The van der Waals surface area contributed by atoms with Gasteiger partial charge < -0.3 is 9.47 Å². The number of carbonyl (C=O) groups excluding carboxylic acids is 1. The van der Waals surface area contributed by atoms with Crippen LogP contribution in [-0.2, 0) is 14.9 Å². The summed E-state index contributed by atoms with van der Waals surface area (Å²) in [5.74, 6) is 0.368. The molecule has 0 saturated heterocycles. The van der Waals surface area contributed by atoms with Crippen LogP contribution in [0, 0.1) is 0 Å². The summed E-state index contributed by atoms with van der Waals surface area (Å²) in [5, 5.41) is 0. The van der Waals surface area contributed by atoms with Crippen molar-refractivity contribution >= 4 is 5.97 Å². The second kappa shape index (κ2) is 7.82. The van der Waals surface area contributed by atoms with Gasteiger partial charge in [0.2, 0.25) is 0 Å². The highest BCUT2D eigenvalue weighted by Crippen LogP contribution is 2.32. The van der Waals surface area contributed by atoms with E-state index >= 15 is 0 Å². The summed E-state index contributed by atoms with van der Waals surface area (Å²) in [6.07, 6.45) is 0. The van der Waals surface area contributed by atoms with Gasteiger partial charge in [0.15, 0.2) is 0 Å². The van der Waals surface area contributed by atoms with Crippen LogP contribution >= 0.6 is 0 Å². The van der Waals surface area contributed by atoms with Crippen LogP contribution in [0.1, 0.15) is 31.9 Å². The van der Waals surface area contributed by atoms with Gasteiger partial charge in [-0.25, -0.2) is 4.79 Å². The molecule has 126 valence electrons. The first-order chi connectivity index (χ1) is 11.4. The number of carbonyl (C=O) groups is 1. The predicted molar refractivity (Wildman–Crippen MR) is 96.3 cm³/mol. The van der Waals surface area contributed by atoms with Crippen molar-refractivity contribution in [3.8, 4) is 5.75 Å². The lowest BCUT2D eigenvalue weighted by Crippen LogP contribution is -2.18. The van der Waals surface area contributed by atoms with Crippen LogP contribution in [0.15, 0.2) is 66.7 Å². The zero-order chi connectivity index (χ0) is 17.6. The van der Waals surface area contributed by atoms with Crippen molar-refractivity contribution in [2.75, 3.05) is 13.2 Å². The highest BCUT2D eigenvalue weighted by Gasteiger charge is 2.22. The van der Waals surface area contributed by atoms with Crippen LogP contribution in [0.4, 0.5) is 0 Å². The minimum Gasteiger partial charge on any atom is -0.490 e. The molecule has 3 heteroatoms. The molecule has 0 atom stereocenters. The molecule has 24 heavy (non-hydrogen) atoms. The summed E-state index contributed by atoms with van der Waals surface area (Å²) in [7, 11) is 0. The van der Waals surface area contributed by atoms with Crippen LogP contribution in [0.5, 0.6) is 5.75 Å². The highest BCUT2D eigenvalue weighted by molar-refractivity contribution is 5.86. The molecule has 0 aromatic heterocycles.